The third-order valence-electron chi connectivity index (χ3n) is 12.9. The van der Waals surface area contributed by atoms with Gasteiger partial charge >= 0.3 is 11.9 Å². The van der Waals surface area contributed by atoms with E-state index < -0.39 is 222 Å². The largest absolute Gasteiger partial charge is 0.477 e. The fourth-order valence-corrected chi connectivity index (χ4v) is 9.15. The van der Waals surface area contributed by atoms with Gasteiger partial charge in [-0.1, -0.05) is 6.92 Å². The van der Waals surface area contributed by atoms with Gasteiger partial charge in [-0.3, -0.25) is 3.07 Å². The third-order valence-corrected chi connectivity index (χ3v) is 13.4. The number of rotatable bonds is 20. The second-order valence-electron chi connectivity index (χ2n) is 17.4. The molecule has 0 radical (unpaired) electrons. The minimum absolute atomic E-state index is 0.874. The van der Waals surface area contributed by atoms with E-state index in [1.165, 1.54) is 29.9 Å². The molecule has 402 valence electrons. The molecule has 21 N–H and O–H groups in total. The van der Waals surface area contributed by atoms with Gasteiger partial charge in [-0.2, -0.15) is 0 Å². The van der Waals surface area contributed by atoms with E-state index in [4.69, 9.17) is 57.2 Å². The molecule has 69 heavy (non-hydrogen) atoms. The Kier molecular flexibility index (Phi) is 20.6. The Morgan fingerprint density at radius 3 is 1.64 bits per heavy atom. The average Bonchev–Trinajstić information content (AvgIpc) is 3.32. The van der Waals surface area contributed by atoms with Crippen molar-refractivity contribution >= 4 is 34.9 Å². The van der Waals surface area contributed by atoms with Crippen molar-refractivity contribution in [1.29, 1.82) is 0 Å². The molecule has 0 amide bonds. The van der Waals surface area contributed by atoms with E-state index in [1.54, 1.807) is 0 Å². The lowest BCUT2D eigenvalue weighted by atomic mass is 9.87. The Morgan fingerprint density at radius 2 is 1.12 bits per heavy atom. The van der Waals surface area contributed by atoms with E-state index in [0.29, 0.717) is 0 Å². The van der Waals surface area contributed by atoms with Crippen LogP contribution in [0.15, 0.2) is 0 Å². The van der Waals surface area contributed by atoms with E-state index in [9.17, 15) is 96.4 Å². The molecule has 0 saturated carbocycles. The van der Waals surface area contributed by atoms with Crippen LogP contribution < -0.4 is 11.5 Å². The number of carboxylic acids is 2. The Labute approximate surface area is 404 Å². The second-order valence-corrected chi connectivity index (χ2v) is 17.9. The number of carbonyl (C=O) groups is 2. The molecule has 5 aliphatic heterocycles. The van der Waals surface area contributed by atoms with Gasteiger partial charge in [-0.25, -0.2) is 9.59 Å². The predicted octanol–water partition coefficient (Wildman–Crippen LogP) is -10.9. The van der Waals surface area contributed by atoms with Crippen molar-refractivity contribution in [3.63, 3.8) is 0 Å². The highest BCUT2D eigenvalue weighted by Gasteiger charge is 2.62. The molecule has 32 heteroatoms. The van der Waals surface area contributed by atoms with Gasteiger partial charge < -0.3 is 141 Å². The van der Waals surface area contributed by atoms with Gasteiger partial charge in [0, 0.05) is 18.8 Å². The first kappa shape index (κ1) is 58.5. The molecule has 5 saturated heterocycles. The SMILES string of the molecule is CC1C(OC2C(CO)OC(OC3C(CO)OC(OI)C(O)C3O)C(O)C2OC2(C(=O)O)CC(O)C(N)C([C@H](O)C(CO)OC3(C(=O)O)CC(O)C(N)C([C@H](O)[C@H](O)CO)O3)O2)OC(CO)C(O)C1O. The van der Waals surface area contributed by atoms with Gasteiger partial charge in [-0.15, -0.1) is 0 Å². The molecule has 27 atom stereocenters. The third kappa shape index (κ3) is 11.9. The van der Waals surface area contributed by atoms with E-state index in [-0.39, 0.29) is 0 Å². The summed E-state index contributed by atoms with van der Waals surface area (Å²) in [4.78, 5) is 26.3. The van der Waals surface area contributed by atoms with E-state index in [0.717, 1.165) is 0 Å². The maximum absolute atomic E-state index is 13.5. The minimum Gasteiger partial charge on any atom is -0.477 e. The van der Waals surface area contributed by atoms with Crippen LogP contribution in [0.5, 0.6) is 0 Å². The summed E-state index contributed by atoms with van der Waals surface area (Å²) in [6.07, 6.45) is -45.3. The van der Waals surface area contributed by atoms with Crippen LogP contribution in [-0.4, -0.2) is 290 Å². The first-order chi connectivity index (χ1) is 32.4. The fraction of sp³-hybridized carbons (Fsp3) is 0.946. The summed E-state index contributed by atoms with van der Waals surface area (Å²) in [5.41, 5.74) is 12.1. The lowest BCUT2D eigenvalue weighted by Crippen LogP contribution is -2.71. The zero-order valence-corrected chi connectivity index (χ0v) is 38.6. The molecule has 5 heterocycles. The Hall–Kier alpha value is -1.41. The maximum atomic E-state index is 13.5. The molecule has 31 nitrogen and oxygen atoms in total. The first-order valence-electron chi connectivity index (χ1n) is 21.5. The zero-order valence-electron chi connectivity index (χ0n) is 36.4. The highest BCUT2D eigenvalue weighted by Crippen LogP contribution is 2.41. The average molecular weight is 1130 g/mol. The Morgan fingerprint density at radius 1 is 0.623 bits per heavy atom. The lowest BCUT2D eigenvalue weighted by molar-refractivity contribution is -0.401. The number of ether oxygens (including phenoxy) is 9. The van der Waals surface area contributed by atoms with Gasteiger partial charge in [0.2, 0.25) is 0 Å². The molecule has 0 aliphatic carbocycles. The van der Waals surface area contributed by atoms with E-state index in [2.05, 4.69) is 0 Å². The molecule has 0 bridgehead atoms. The summed E-state index contributed by atoms with van der Waals surface area (Å²) < 4.78 is 56.6. The number of aliphatic hydroxyl groups excluding tert-OH is 15. The van der Waals surface area contributed by atoms with Gasteiger partial charge in [0.15, 0.2) is 18.9 Å². The van der Waals surface area contributed by atoms with Crippen LogP contribution in [0.4, 0.5) is 0 Å². The molecular formula is C37H63IN2O29. The molecule has 0 aromatic rings. The van der Waals surface area contributed by atoms with Crippen molar-refractivity contribution in [1.82, 2.24) is 0 Å². The zero-order chi connectivity index (χ0) is 51.6. The number of aliphatic carboxylic acids is 2. The van der Waals surface area contributed by atoms with Crippen molar-refractivity contribution in [3.05, 3.63) is 0 Å². The van der Waals surface area contributed by atoms with E-state index in [1.807, 2.05) is 0 Å². The summed E-state index contributed by atoms with van der Waals surface area (Å²) in [7, 11) is 0. The molecule has 5 aliphatic rings. The van der Waals surface area contributed by atoms with Crippen LogP contribution in [0, 0.1) is 5.92 Å². The normalized spacial score (nSPS) is 47.2. The van der Waals surface area contributed by atoms with Crippen LogP contribution in [0.3, 0.4) is 0 Å². The highest BCUT2D eigenvalue weighted by molar-refractivity contribution is 14.1. The molecule has 0 spiro atoms. The van der Waals surface area contributed by atoms with Crippen LogP contribution >= 0.6 is 23.0 Å². The van der Waals surface area contributed by atoms with Gasteiger partial charge in [-0.05, 0) is 0 Å². The number of carboxylic acid groups (broad SMARTS) is 2. The Balaban J connectivity index is 1.53. The molecular weight excluding hydrogens is 1060 g/mol. The summed E-state index contributed by atoms with van der Waals surface area (Å²) in [5.74, 6) is -11.9. The highest BCUT2D eigenvalue weighted by atomic mass is 127. The smallest absolute Gasteiger partial charge is 0.364 e. The summed E-state index contributed by atoms with van der Waals surface area (Å²) in [5, 5.41) is 181. The van der Waals surface area contributed by atoms with Crippen LogP contribution in [-0.2, 0) is 55.3 Å². The number of aliphatic hydroxyl groups is 15. The van der Waals surface area contributed by atoms with Gasteiger partial charge in [0.05, 0.1) is 63.4 Å². The lowest BCUT2D eigenvalue weighted by Gasteiger charge is -2.52. The first-order valence-corrected chi connectivity index (χ1v) is 22.4. The summed E-state index contributed by atoms with van der Waals surface area (Å²) >= 11 is 1.35. The van der Waals surface area contributed by atoms with Crippen molar-refractivity contribution in [2.75, 3.05) is 33.0 Å². The predicted molar refractivity (Wildman–Crippen MR) is 221 cm³/mol. The minimum atomic E-state index is -3.33. The monoisotopic (exact) mass is 1130 g/mol. The summed E-state index contributed by atoms with van der Waals surface area (Å²) in [6, 6.07) is -3.49. The topological polar surface area (TPSA) is 522 Å². The van der Waals surface area contributed by atoms with Crippen molar-refractivity contribution in [2.24, 2.45) is 17.4 Å². The van der Waals surface area contributed by atoms with Crippen molar-refractivity contribution in [3.8, 4) is 0 Å². The van der Waals surface area contributed by atoms with E-state index >= 15 is 0 Å². The number of hydrogen-bond acceptors (Lipinski definition) is 29. The van der Waals surface area contributed by atoms with Crippen LogP contribution in [0.1, 0.15) is 19.8 Å². The van der Waals surface area contributed by atoms with Crippen molar-refractivity contribution in [2.45, 2.75) is 178 Å². The van der Waals surface area contributed by atoms with Gasteiger partial charge in [0.25, 0.3) is 11.6 Å². The van der Waals surface area contributed by atoms with Crippen LogP contribution in [0.25, 0.3) is 0 Å². The second kappa shape index (κ2) is 24.3. The maximum Gasteiger partial charge on any atom is 0.364 e. The number of nitrogens with two attached hydrogens (primary N) is 2. The Bertz CT molecular complexity index is 1660. The molecule has 0 aromatic carbocycles. The molecule has 5 rings (SSSR count). The van der Waals surface area contributed by atoms with Crippen molar-refractivity contribution < 1.29 is 142 Å². The molecule has 24 unspecified atom stereocenters. The summed E-state index contributed by atoms with van der Waals surface area (Å²) in [6.45, 7) is -4.05. The number of halogens is 1. The molecule has 0 aromatic heterocycles. The molecule has 5 fully saturated rings. The standard InChI is InChI=1S/C37H63IN2O29/c1-9-19(49)21(51)13(5-42)60-31(9)64-27-16(8-45)61-32(63-26-15(7-44)62-33(69-38)24(54)23(26)53)25(55)30(27)68-37(35(58)59)3-11(47)18(40)29(67-37)22(52)14(6-43)65-36(34(56)57)2-10(46)17(39)28(66-36)20(50)12(48)4-41/h9-33,41-55H,2-8,39-40H2,1H3,(H,56,57)(H,58,59)/t9?,10?,11?,12-,13?,14?,15?,16?,17?,18?,19?,20-,21?,22-,23?,24?,25?,26?,27?,28?,29?,30?,31?,32?,33?,36?,37?/m1/s1. The van der Waals surface area contributed by atoms with Crippen LogP contribution in [0.2, 0.25) is 0 Å². The quantitative estimate of drug-likeness (QED) is 0.0503. The fourth-order valence-electron chi connectivity index (χ4n) is 8.73. The number of hydrogen-bond donors (Lipinski definition) is 19. The van der Waals surface area contributed by atoms with Gasteiger partial charge in [0.1, 0.15) is 121 Å².